The molecule has 0 spiro atoms. The number of methoxy groups -OCH3 is 1. The van der Waals surface area contributed by atoms with E-state index >= 15 is 0 Å². The van der Waals surface area contributed by atoms with E-state index in [1.807, 2.05) is 6.92 Å². The van der Waals surface area contributed by atoms with E-state index in [9.17, 15) is 27.9 Å². The highest BCUT2D eigenvalue weighted by molar-refractivity contribution is 6.06. The van der Waals surface area contributed by atoms with E-state index in [1.165, 1.54) is 7.11 Å². The van der Waals surface area contributed by atoms with Gasteiger partial charge >= 0.3 is 6.18 Å². The number of hydrogen-bond donors (Lipinski definition) is 3. The molecule has 4 aliphatic carbocycles. The second-order valence-electron chi connectivity index (χ2n) is 12.9. The fraction of sp³-hybridized carbons (Fsp3) is 0.667. The SMILES string of the molecule is COc1ncc(C2=NOC3CC(CO)CC23)cc1C(=O)N[C@H]1[C@@H](C(=O)N[C@H](C)C2(C)CC2)[C@H]2CC[C@@H]1/C2=C\C(F)(F)F. The maximum atomic E-state index is 13.8. The molecule has 3 N–H and O–H groups in total. The summed E-state index contributed by atoms with van der Waals surface area (Å²) in [5.41, 5.74) is 1.46. The average Bonchev–Trinajstić information content (AvgIpc) is 3.24. The first-order valence-corrected chi connectivity index (χ1v) is 14.7. The summed E-state index contributed by atoms with van der Waals surface area (Å²) in [6.45, 7) is 4.06. The van der Waals surface area contributed by atoms with E-state index in [0.29, 0.717) is 43.0 Å². The highest BCUT2D eigenvalue weighted by atomic mass is 19.4. The predicted octanol–water partition coefficient (Wildman–Crippen LogP) is 3.76. The van der Waals surface area contributed by atoms with Gasteiger partial charge in [-0.05, 0) is 68.8 Å². The number of rotatable bonds is 8. The van der Waals surface area contributed by atoms with Crippen LogP contribution < -0.4 is 15.4 Å². The van der Waals surface area contributed by atoms with Gasteiger partial charge in [-0.25, -0.2) is 4.98 Å². The lowest BCUT2D eigenvalue weighted by atomic mass is 9.83. The summed E-state index contributed by atoms with van der Waals surface area (Å²) in [5.74, 6) is -2.83. The number of aromatic nitrogens is 1. The number of aliphatic hydroxyl groups excluding tert-OH is 1. The molecule has 1 aromatic heterocycles. The van der Waals surface area contributed by atoms with Crippen molar-refractivity contribution < 1.29 is 37.4 Å². The van der Waals surface area contributed by atoms with Crippen molar-refractivity contribution >= 4 is 17.5 Å². The fourth-order valence-electron chi connectivity index (χ4n) is 7.55. The Kier molecular flexibility index (Phi) is 7.26. The lowest BCUT2D eigenvalue weighted by Gasteiger charge is -2.32. The van der Waals surface area contributed by atoms with Crippen LogP contribution in [0.3, 0.4) is 0 Å². The zero-order valence-electron chi connectivity index (χ0n) is 23.9. The number of carbonyl (C=O) groups is 2. The first kappa shape index (κ1) is 28.9. The Morgan fingerprint density at radius 1 is 1.24 bits per heavy atom. The van der Waals surface area contributed by atoms with Crippen LogP contribution in [0.4, 0.5) is 13.2 Å². The van der Waals surface area contributed by atoms with Gasteiger partial charge in [0.25, 0.3) is 5.91 Å². The number of nitrogens with zero attached hydrogens (tertiary/aromatic N) is 2. The molecule has 42 heavy (non-hydrogen) atoms. The zero-order valence-corrected chi connectivity index (χ0v) is 23.9. The van der Waals surface area contributed by atoms with Crippen LogP contribution in [0.5, 0.6) is 5.88 Å². The Morgan fingerprint density at radius 2 is 1.98 bits per heavy atom. The quantitative estimate of drug-likeness (QED) is 0.397. The third-order valence-electron chi connectivity index (χ3n) is 10.4. The van der Waals surface area contributed by atoms with Crippen LogP contribution >= 0.6 is 0 Å². The third kappa shape index (κ3) is 5.16. The molecule has 8 atom stereocenters. The normalized spacial score (nSPS) is 34.0. The van der Waals surface area contributed by atoms with Crippen LogP contribution in [0.25, 0.3) is 0 Å². The van der Waals surface area contributed by atoms with Crippen LogP contribution in [0.2, 0.25) is 0 Å². The summed E-state index contributed by atoms with van der Waals surface area (Å²) in [5, 5.41) is 19.8. The molecule has 12 heteroatoms. The molecule has 2 bridgehead atoms. The monoisotopic (exact) mass is 590 g/mol. The van der Waals surface area contributed by atoms with E-state index in [0.717, 1.165) is 12.8 Å². The number of allylic oxidation sites excluding steroid dienone is 1. The molecule has 228 valence electrons. The van der Waals surface area contributed by atoms with Gasteiger partial charge in [-0.15, -0.1) is 0 Å². The minimum Gasteiger partial charge on any atom is -0.480 e. The lowest BCUT2D eigenvalue weighted by Crippen LogP contribution is -2.52. The van der Waals surface area contributed by atoms with Crippen LogP contribution in [0, 0.1) is 35.0 Å². The van der Waals surface area contributed by atoms with E-state index in [2.05, 4.69) is 27.7 Å². The predicted molar refractivity (Wildman–Crippen MR) is 146 cm³/mol. The molecular formula is C30H37F3N4O5. The number of halogens is 3. The summed E-state index contributed by atoms with van der Waals surface area (Å²) in [4.78, 5) is 37.3. The molecule has 2 amide bonds. The number of fused-ring (bicyclic) bond motifs is 3. The van der Waals surface area contributed by atoms with Gasteiger partial charge in [0.15, 0.2) is 0 Å². The van der Waals surface area contributed by atoms with Gasteiger partial charge in [-0.2, -0.15) is 13.2 Å². The molecule has 0 aromatic carbocycles. The topological polar surface area (TPSA) is 122 Å². The molecular weight excluding hydrogens is 553 g/mol. The Hall–Kier alpha value is -3.15. The van der Waals surface area contributed by atoms with Crippen LogP contribution in [0.1, 0.15) is 68.3 Å². The van der Waals surface area contributed by atoms with Gasteiger partial charge in [0.1, 0.15) is 11.7 Å². The first-order chi connectivity index (χ1) is 19.9. The standard InChI is InChI=1S/C30H37F3N4O5/c1-14(29(2)6-7-29)35-27(40)23-17-4-5-18(21(17)11-30(31,32)33)25(23)36-26(39)20-10-16(12-34-28(20)41-3)24-19-8-15(13-38)9-22(19)42-37-24/h10-12,14-15,17-19,22-23,25,38H,4-9,13H2,1-3H3,(H,35,40)(H,36,39)/b21-11-/t14-,15?,17+,18-,19?,22?,23+,25-/m1/s1. The molecule has 1 aromatic rings. The maximum Gasteiger partial charge on any atom is 0.409 e. The van der Waals surface area contributed by atoms with E-state index in [4.69, 9.17) is 9.57 Å². The Balaban J connectivity index is 1.27. The van der Waals surface area contributed by atoms with Crippen LogP contribution in [-0.4, -0.2) is 65.7 Å². The van der Waals surface area contributed by atoms with Crippen LogP contribution in [-0.2, 0) is 9.63 Å². The van der Waals surface area contributed by atoms with E-state index < -0.39 is 35.9 Å². The van der Waals surface area contributed by atoms with Crippen molar-refractivity contribution in [2.45, 2.75) is 76.7 Å². The number of carbonyl (C=O) groups excluding carboxylic acids is 2. The molecule has 4 fully saturated rings. The number of aliphatic hydroxyl groups is 1. The summed E-state index contributed by atoms with van der Waals surface area (Å²) in [7, 11) is 1.38. The van der Waals surface area contributed by atoms with Crippen molar-refractivity contribution in [3.05, 3.63) is 35.0 Å². The molecule has 0 radical (unpaired) electrons. The fourth-order valence-corrected chi connectivity index (χ4v) is 7.55. The number of pyridine rings is 1. The minimum atomic E-state index is -4.52. The zero-order chi connectivity index (χ0) is 30.0. The number of amides is 2. The average molecular weight is 591 g/mol. The van der Waals surface area contributed by atoms with Crippen molar-refractivity contribution in [2.24, 2.45) is 40.2 Å². The largest absolute Gasteiger partial charge is 0.480 e. The third-order valence-corrected chi connectivity index (χ3v) is 10.4. The molecule has 9 nitrogen and oxygen atoms in total. The second-order valence-corrected chi connectivity index (χ2v) is 12.9. The number of hydrogen-bond acceptors (Lipinski definition) is 7. The number of alkyl halides is 3. The lowest BCUT2D eigenvalue weighted by molar-refractivity contribution is -0.128. The van der Waals surface area contributed by atoms with Crippen molar-refractivity contribution in [3.8, 4) is 5.88 Å². The summed E-state index contributed by atoms with van der Waals surface area (Å²) >= 11 is 0. The molecule has 1 aliphatic heterocycles. The highest BCUT2D eigenvalue weighted by Gasteiger charge is 2.56. The maximum absolute atomic E-state index is 13.8. The molecule has 3 unspecified atom stereocenters. The van der Waals surface area contributed by atoms with E-state index in [-0.39, 0.29) is 58.9 Å². The summed E-state index contributed by atoms with van der Waals surface area (Å²) in [6, 6.07) is 0.660. The number of ether oxygens (including phenoxy) is 1. The van der Waals surface area contributed by atoms with E-state index in [1.54, 1.807) is 12.3 Å². The Bertz CT molecular complexity index is 1330. The van der Waals surface area contributed by atoms with Gasteiger partial charge in [0.2, 0.25) is 11.8 Å². The van der Waals surface area contributed by atoms with Gasteiger partial charge in [0, 0.05) is 48.4 Å². The Labute approximate surface area is 242 Å². The van der Waals surface area contributed by atoms with Gasteiger partial charge in [-0.1, -0.05) is 17.7 Å². The van der Waals surface area contributed by atoms with Crippen molar-refractivity contribution in [1.29, 1.82) is 0 Å². The molecule has 6 rings (SSSR count). The van der Waals surface area contributed by atoms with Crippen molar-refractivity contribution in [2.75, 3.05) is 13.7 Å². The van der Waals surface area contributed by atoms with Gasteiger partial charge < -0.3 is 25.3 Å². The van der Waals surface area contributed by atoms with Crippen molar-refractivity contribution in [3.63, 3.8) is 0 Å². The van der Waals surface area contributed by atoms with Crippen LogP contribution in [0.15, 0.2) is 29.1 Å². The number of oxime groups is 1. The van der Waals surface area contributed by atoms with Crippen molar-refractivity contribution in [1.82, 2.24) is 15.6 Å². The number of nitrogens with one attached hydrogen (secondary N) is 2. The second kappa shape index (κ2) is 10.5. The minimum absolute atomic E-state index is 0.0155. The van der Waals surface area contributed by atoms with Gasteiger partial charge in [-0.3, -0.25) is 9.59 Å². The smallest absolute Gasteiger partial charge is 0.409 e. The highest BCUT2D eigenvalue weighted by Crippen LogP contribution is 2.54. The Morgan fingerprint density at radius 3 is 2.64 bits per heavy atom. The van der Waals surface area contributed by atoms with Gasteiger partial charge in [0.05, 0.1) is 18.7 Å². The molecule has 5 aliphatic rings. The summed E-state index contributed by atoms with van der Waals surface area (Å²) < 4.78 is 46.0. The molecule has 4 saturated carbocycles. The first-order valence-electron chi connectivity index (χ1n) is 14.7. The summed E-state index contributed by atoms with van der Waals surface area (Å²) in [6.07, 6.45) is 1.45. The molecule has 0 saturated heterocycles. The molecule has 2 heterocycles.